The zero-order valence-corrected chi connectivity index (χ0v) is 10.8. The number of ketones is 2. The van der Waals surface area contributed by atoms with Crippen LogP contribution in [0.25, 0.3) is 0 Å². The number of imide groups is 2. The van der Waals surface area contributed by atoms with Crippen LogP contribution in [0.3, 0.4) is 0 Å². The Morgan fingerprint density at radius 3 is 1.35 bits per heavy atom. The lowest BCUT2D eigenvalue weighted by Crippen LogP contribution is -2.43. The van der Waals surface area contributed by atoms with E-state index in [0.717, 1.165) is 0 Å². The van der Waals surface area contributed by atoms with Crippen LogP contribution in [-0.4, -0.2) is 45.5 Å². The molecular formula is C8H2N4O6S2. The first-order chi connectivity index (χ1) is 9.38. The van der Waals surface area contributed by atoms with Crippen molar-refractivity contribution in [2.75, 3.05) is 0 Å². The van der Waals surface area contributed by atoms with Crippen LogP contribution in [0.15, 0.2) is 9.98 Å². The lowest BCUT2D eigenvalue weighted by atomic mass is 10.4. The Kier molecular flexibility index (Phi) is 3.76. The monoisotopic (exact) mass is 314 g/mol. The quantitative estimate of drug-likeness (QED) is 0.418. The fraction of sp³-hybridized carbons (Fsp3) is 0. The molecule has 0 fully saturated rings. The third kappa shape index (κ3) is 2.80. The smallest absolute Gasteiger partial charge is 0.281 e. The Balaban J connectivity index is 2.12. The molecule has 0 radical (unpaired) electrons. The Morgan fingerprint density at radius 2 is 1.00 bits per heavy atom. The summed E-state index contributed by atoms with van der Waals surface area (Å²) < 4.78 is 0. The normalized spacial score (nSPS) is 19.4. The van der Waals surface area contributed by atoms with Crippen molar-refractivity contribution in [1.82, 2.24) is 10.6 Å². The van der Waals surface area contributed by atoms with Gasteiger partial charge in [-0.05, 0) is 21.6 Å². The van der Waals surface area contributed by atoms with E-state index in [9.17, 15) is 28.8 Å². The van der Waals surface area contributed by atoms with Crippen molar-refractivity contribution in [1.29, 1.82) is 0 Å². The molecule has 2 aliphatic heterocycles. The SMILES string of the molecule is O=C1N=C(SSC2=NC(=O)NC(=O)C2=O)C(=O)C(=O)N1. The number of rotatable bonds is 0. The number of amides is 6. The zero-order chi connectivity index (χ0) is 14.9. The van der Waals surface area contributed by atoms with Gasteiger partial charge in [-0.15, -0.1) is 0 Å². The summed E-state index contributed by atoms with van der Waals surface area (Å²) in [5, 5.41) is 2.39. The van der Waals surface area contributed by atoms with Crippen LogP contribution in [0.1, 0.15) is 0 Å². The molecule has 0 aromatic rings. The highest BCUT2D eigenvalue weighted by Crippen LogP contribution is 2.27. The van der Waals surface area contributed by atoms with E-state index < -0.39 is 45.5 Å². The first-order valence-corrected chi connectivity index (χ1v) is 6.84. The Hall–Kier alpha value is -2.34. The van der Waals surface area contributed by atoms with E-state index in [0.29, 0.717) is 21.6 Å². The largest absolute Gasteiger partial charge is 0.349 e. The van der Waals surface area contributed by atoms with Crippen LogP contribution in [-0.2, 0) is 19.2 Å². The van der Waals surface area contributed by atoms with E-state index in [1.807, 2.05) is 0 Å². The van der Waals surface area contributed by atoms with Crippen molar-refractivity contribution in [3.63, 3.8) is 0 Å². The van der Waals surface area contributed by atoms with Gasteiger partial charge in [-0.2, -0.15) is 9.98 Å². The summed E-state index contributed by atoms with van der Waals surface area (Å²) in [6.45, 7) is 0. The van der Waals surface area contributed by atoms with E-state index in [4.69, 9.17) is 0 Å². The number of aliphatic imine (C=N–C) groups is 2. The van der Waals surface area contributed by atoms with Crippen molar-refractivity contribution in [3.8, 4) is 0 Å². The molecule has 6 amide bonds. The number of hydrogen-bond acceptors (Lipinski definition) is 8. The third-order valence-corrected chi connectivity index (χ3v) is 4.00. The molecule has 0 atom stereocenters. The minimum atomic E-state index is -1.15. The van der Waals surface area contributed by atoms with Gasteiger partial charge in [0.1, 0.15) is 0 Å². The second-order valence-electron chi connectivity index (χ2n) is 3.18. The van der Waals surface area contributed by atoms with Crippen molar-refractivity contribution in [2.24, 2.45) is 9.98 Å². The lowest BCUT2D eigenvalue weighted by Gasteiger charge is -2.11. The maximum atomic E-state index is 11.4. The molecule has 20 heavy (non-hydrogen) atoms. The fourth-order valence-corrected chi connectivity index (χ4v) is 2.92. The Labute approximate surface area is 117 Å². The molecule has 0 aromatic heterocycles. The van der Waals surface area contributed by atoms with Crippen molar-refractivity contribution in [3.05, 3.63) is 0 Å². The number of nitrogens with zero attached hydrogens (tertiary/aromatic N) is 2. The molecule has 0 saturated heterocycles. The minimum absolute atomic E-state index is 0.474. The van der Waals surface area contributed by atoms with E-state index in [1.54, 1.807) is 10.6 Å². The number of hydrogen-bond donors (Lipinski definition) is 2. The summed E-state index contributed by atoms with van der Waals surface area (Å²) >= 11 is 0. The number of nitrogens with one attached hydrogen (secondary N) is 2. The van der Waals surface area contributed by atoms with E-state index in [1.165, 1.54) is 0 Å². The molecule has 0 aromatic carbocycles. The van der Waals surface area contributed by atoms with Gasteiger partial charge < -0.3 is 0 Å². The van der Waals surface area contributed by atoms with Crippen LogP contribution in [0.5, 0.6) is 0 Å². The number of Topliss-reactive ketones (excluding diaryl/α,β-unsaturated/α-hetero) is 2. The van der Waals surface area contributed by atoms with Gasteiger partial charge in [-0.1, -0.05) is 0 Å². The number of carbonyl (C=O) groups excluding carboxylic acids is 6. The molecule has 0 unspecified atom stereocenters. The molecule has 2 N–H and O–H groups in total. The molecule has 2 heterocycles. The molecular weight excluding hydrogens is 312 g/mol. The van der Waals surface area contributed by atoms with Crippen LogP contribution in [0.2, 0.25) is 0 Å². The third-order valence-electron chi connectivity index (χ3n) is 1.85. The predicted molar refractivity (Wildman–Crippen MR) is 67.1 cm³/mol. The average Bonchev–Trinajstić information content (AvgIpc) is 2.37. The zero-order valence-electron chi connectivity index (χ0n) is 9.16. The van der Waals surface area contributed by atoms with E-state index in [-0.39, 0.29) is 0 Å². The highest BCUT2D eigenvalue weighted by Gasteiger charge is 2.33. The summed E-state index contributed by atoms with van der Waals surface area (Å²) in [6.07, 6.45) is 0. The van der Waals surface area contributed by atoms with Gasteiger partial charge in [0.05, 0.1) is 0 Å². The summed E-state index contributed by atoms with van der Waals surface area (Å²) in [6, 6.07) is -2.05. The summed E-state index contributed by atoms with van der Waals surface area (Å²) in [4.78, 5) is 73.1. The van der Waals surface area contributed by atoms with Gasteiger partial charge in [0.25, 0.3) is 11.6 Å². The van der Waals surface area contributed by atoms with Crippen molar-refractivity contribution in [2.45, 2.75) is 0 Å². The van der Waals surface area contributed by atoms with Crippen LogP contribution >= 0.6 is 21.6 Å². The van der Waals surface area contributed by atoms with Gasteiger partial charge in [0, 0.05) is 0 Å². The molecule has 10 nitrogen and oxygen atoms in total. The van der Waals surface area contributed by atoms with Crippen LogP contribution in [0, 0.1) is 0 Å². The van der Waals surface area contributed by atoms with E-state index >= 15 is 0 Å². The highest BCUT2D eigenvalue weighted by molar-refractivity contribution is 8.88. The lowest BCUT2D eigenvalue weighted by molar-refractivity contribution is -0.133. The van der Waals surface area contributed by atoms with Gasteiger partial charge in [-0.3, -0.25) is 29.8 Å². The summed E-state index contributed by atoms with van der Waals surface area (Å²) in [5.74, 6) is -4.44. The van der Waals surface area contributed by atoms with Crippen molar-refractivity contribution < 1.29 is 28.8 Å². The molecule has 0 bridgehead atoms. The van der Waals surface area contributed by atoms with Gasteiger partial charge in [0.15, 0.2) is 10.1 Å². The molecule has 2 aliphatic rings. The van der Waals surface area contributed by atoms with Gasteiger partial charge in [0.2, 0.25) is 0 Å². The first kappa shape index (κ1) is 14.1. The average molecular weight is 314 g/mol. The first-order valence-electron chi connectivity index (χ1n) is 4.69. The molecule has 0 spiro atoms. The Morgan fingerprint density at radius 1 is 0.650 bits per heavy atom. The number of carbonyl (C=O) groups is 6. The van der Waals surface area contributed by atoms with E-state index in [2.05, 4.69) is 9.98 Å². The highest BCUT2D eigenvalue weighted by atomic mass is 33.1. The summed E-state index contributed by atoms with van der Waals surface area (Å²) in [5.41, 5.74) is 0. The second-order valence-corrected chi connectivity index (χ2v) is 5.28. The molecule has 12 heteroatoms. The van der Waals surface area contributed by atoms with Crippen LogP contribution in [0.4, 0.5) is 9.59 Å². The molecule has 0 aliphatic carbocycles. The molecule has 102 valence electrons. The standard InChI is InChI=1S/C8H2N4O6S2/c13-1-3(15)9-7(17)11-5(1)19-20-6-2(14)4(16)10-8(18)12-6/h(H,9,15,17)(H,10,16,18). The number of urea groups is 2. The maximum Gasteiger partial charge on any atom is 0.349 e. The molecule has 2 rings (SSSR count). The predicted octanol–water partition coefficient (Wildman–Crippen LogP) is -1.20. The second kappa shape index (κ2) is 5.34. The topological polar surface area (TPSA) is 151 Å². The minimum Gasteiger partial charge on any atom is -0.281 e. The summed E-state index contributed by atoms with van der Waals surface area (Å²) in [7, 11) is 0.958. The maximum absolute atomic E-state index is 11.4. The fourth-order valence-electron chi connectivity index (χ4n) is 1.04. The molecule has 0 saturated carbocycles. The van der Waals surface area contributed by atoms with Gasteiger partial charge in [-0.25, -0.2) is 9.59 Å². The van der Waals surface area contributed by atoms with Gasteiger partial charge >= 0.3 is 23.9 Å². The van der Waals surface area contributed by atoms with Crippen molar-refractivity contribution >= 4 is 67.1 Å². The Bertz CT molecular complexity index is 595. The van der Waals surface area contributed by atoms with Crippen LogP contribution < -0.4 is 10.6 Å².